The number of rotatable bonds is 2. The maximum absolute atomic E-state index is 6.26. The molecule has 1 heterocycles. The number of hydrogen-bond acceptors (Lipinski definition) is 3. The van der Waals surface area contributed by atoms with Crippen LogP contribution in [0.1, 0.15) is 33.3 Å². The smallest absolute Gasteiger partial charge is 0.105 e. The Kier molecular flexibility index (Phi) is 4.02. The van der Waals surface area contributed by atoms with Crippen molar-refractivity contribution in [3.8, 4) is 0 Å². The number of ether oxygens (including phenoxy) is 1. The van der Waals surface area contributed by atoms with Gasteiger partial charge in [-0.05, 0) is 45.9 Å². The van der Waals surface area contributed by atoms with Crippen molar-refractivity contribution in [2.24, 2.45) is 5.73 Å². The lowest BCUT2D eigenvalue weighted by Crippen LogP contribution is -2.57. The van der Waals surface area contributed by atoms with Gasteiger partial charge in [-0.15, -0.1) is 0 Å². The lowest BCUT2D eigenvalue weighted by molar-refractivity contribution is -0.133. The van der Waals surface area contributed by atoms with Gasteiger partial charge in [0.25, 0.3) is 0 Å². The number of nitrogens with zero attached hydrogens (tertiary/aromatic N) is 1. The van der Waals surface area contributed by atoms with Crippen LogP contribution in [0.2, 0.25) is 5.02 Å². The number of nitrogens with two attached hydrogens (primary N) is 1. The van der Waals surface area contributed by atoms with Crippen LogP contribution in [-0.2, 0) is 4.74 Å². The number of anilines is 1. The molecule has 0 atom stereocenters. The summed E-state index contributed by atoms with van der Waals surface area (Å²) in [5.74, 6) is 0. The summed E-state index contributed by atoms with van der Waals surface area (Å²) in [6, 6.07) is 5.82. The van der Waals surface area contributed by atoms with Crippen LogP contribution in [0.25, 0.3) is 0 Å². The van der Waals surface area contributed by atoms with E-state index in [9.17, 15) is 0 Å². The molecule has 0 unspecified atom stereocenters. The summed E-state index contributed by atoms with van der Waals surface area (Å²) in [5, 5.41) is 0.595. The fourth-order valence-corrected chi connectivity index (χ4v) is 3.38. The zero-order chi connectivity index (χ0) is 15.1. The fraction of sp³-hybridized carbons (Fsp3) is 0.533. The first-order valence-electron chi connectivity index (χ1n) is 6.64. The Morgan fingerprint density at radius 1 is 1.25 bits per heavy atom. The van der Waals surface area contributed by atoms with Crippen molar-refractivity contribution >= 4 is 34.5 Å². The van der Waals surface area contributed by atoms with E-state index in [1.165, 1.54) is 0 Å². The Balaban J connectivity index is 2.32. The minimum Gasteiger partial charge on any atom is -0.389 e. The molecule has 1 saturated heterocycles. The molecule has 0 aromatic heterocycles. The van der Waals surface area contributed by atoms with Gasteiger partial charge < -0.3 is 15.4 Å². The molecule has 1 aromatic carbocycles. The molecule has 2 rings (SSSR count). The highest BCUT2D eigenvalue weighted by Crippen LogP contribution is 2.33. The maximum Gasteiger partial charge on any atom is 0.105 e. The quantitative estimate of drug-likeness (QED) is 0.850. The molecule has 0 spiro atoms. The summed E-state index contributed by atoms with van der Waals surface area (Å²) in [5.41, 5.74) is 7.03. The molecule has 0 amide bonds. The summed E-state index contributed by atoms with van der Waals surface area (Å²) in [7, 11) is 0. The summed E-state index contributed by atoms with van der Waals surface area (Å²) in [6.45, 7) is 10.0. The monoisotopic (exact) mass is 312 g/mol. The van der Waals surface area contributed by atoms with E-state index < -0.39 is 0 Å². The molecule has 5 heteroatoms. The number of thiocarbonyl (C=S) groups is 1. The van der Waals surface area contributed by atoms with Crippen molar-refractivity contribution in [3.63, 3.8) is 0 Å². The Bertz CT molecular complexity index is 527. The molecule has 0 radical (unpaired) electrons. The van der Waals surface area contributed by atoms with Gasteiger partial charge in [0.05, 0.1) is 16.2 Å². The van der Waals surface area contributed by atoms with Gasteiger partial charge in [0.2, 0.25) is 0 Å². The van der Waals surface area contributed by atoms with Crippen molar-refractivity contribution in [1.29, 1.82) is 0 Å². The van der Waals surface area contributed by atoms with Gasteiger partial charge >= 0.3 is 0 Å². The van der Waals surface area contributed by atoms with Crippen LogP contribution in [0.4, 0.5) is 5.69 Å². The van der Waals surface area contributed by atoms with Crippen LogP contribution in [0.3, 0.4) is 0 Å². The summed E-state index contributed by atoms with van der Waals surface area (Å²) >= 11 is 11.2. The van der Waals surface area contributed by atoms with E-state index in [2.05, 4.69) is 32.6 Å². The highest BCUT2D eigenvalue weighted by atomic mass is 35.5. The third-order valence-electron chi connectivity index (χ3n) is 3.28. The van der Waals surface area contributed by atoms with E-state index in [1.54, 1.807) is 0 Å². The second kappa shape index (κ2) is 5.17. The minimum absolute atomic E-state index is 0.198. The standard InChI is InChI=1S/C15H21ClN2OS/c1-14(2)8-18(9-15(3,4)19-14)10-5-6-11(13(17)20)12(16)7-10/h5-7H,8-9H2,1-4H3,(H2,17,20). The van der Waals surface area contributed by atoms with E-state index in [0.717, 1.165) is 24.3 Å². The van der Waals surface area contributed by atoms with Gasteiger partial charge in [0.15, 0.2) is 0 Å². The second-order valence-corrected chi connectivity index (χ2v) is 7.35. The zero-order valence-electron chi connectivity index (χ0n) is 12.4. The normalized spacial score (nSPS) is 20.8. The molecule has 0 bridgehead atoms. The minimum atomic E-state index is -0.198. The lowest BCUT2D eigenvalue weighted by atomic mass is 9.98. The predicted molar refractivity (Wildman–Crippen MR) is 88.8 cm³/mol. The first-order valence-corrected chi connectivity index (χ1v) is 7.43. The van der Waals surface area contributed by atoms with Gasteiger partial charge in [-0.3, -0.25) is 0 Å². The summed E-state index contributed by atoms with van der Waals surface area (Å²) < 4.78 is 6.09. The van der Waals surface area contributed by atoms with Crippen LogP contribution in [0, 0.1) is 0 Å². The van der Waals surface area contributed by atoms with E-state index in [0.29, 0.717) is 10.0 Å². The molecule has 1 aliphatic heterocycles. The van der Waals surface area contributed by atoms with Crippen molar-refractivity contribution in [2.45, 2.75) is 38.9 Å². The van der Waals surface area contributed by atoms with E-state index >= 15 is 0 Å². The first-order chi connectivity index (χ1) is 9.10. The van der Waals surface area contributed by atoms with Crippen molar-refractivity contribution in [2.75, 3.05) is 18.0 Å². The van der Waals surface area contributed by atoms with Gasteiger partial charge in [0, 0.05) is 24.3 Å². The number of hydrogen-bond donors (Lipinski definition) is 1. The molecule has 1 fully saturated rings. The fourth-order valence-electron chi connectivity index (χ4n) is 2.87. The summed E-state index contributed by atoms with van der Waals surface area (Å²) in [6.07, 6.45) is 0. The van der Waals surface area contributed by atoms with Crippen LogP contribution >= 0.6 is 23.8 Å². The van der Waals surface area contributed by atoms with Gasteiger partial charge in [-0.1, -0.05) is 23.8 Å². The van der Waals surface area contributed by atoms with E-state index in [4.69, 9.17) is 34.3 Å². The third-order valence-corrected chi connectivity index (χ3v) is 3.81. The predicted octanol–water partition coefficient (Wildman–Crippen LogP) is 3.37. The average Bonchev–Trinajstić information content (AvgIpc) is 2.23. The molecule has 3 nitrogen and oxygen atoms in total. The molecular weight excluding hydrogens is 292 g/mol. The van der Waals surface area contributed by atoms with Crippen LogP contribution < -0.4 is 10.6 Å². The molecule has 110 valence electrons. The van der Waals surface area contributed by atoms with E-state index in [-0.39, 0.29) is 11.2 Å². The Hall–Kier alpha value is -0.840. The van der Waals surface area contributed by atoms with Crippen molar-refractivity contribution in [1.82, 2.24) is 0 Å². The SMILES string of the molecule is CC1(C)CN(c2ccc(C(N)=S)c(Cl)c2)CC(C)(C)O1. The highest BCUT2D eigenvalue weighted by molar-refractivity contribution is 7.80. The lowest BCUT2D eigenvalue weighted by Gasteiger charge is -2.48. The number of benzene rings is 1. The highest BCUT2D eigenvalue weighted by Gasteiger charge is 2.38. The summed E-state index contributed by atoms with van der Waals surface area (Å²) in [4.78, 5) is 2.61. The Morgan fingerprint density at radius 3 is 2.25 bits per heavy atom. The molecule has 20 heavy (non-hydrogen) atoms. The average molecular weight is 313 g/mol. The molecule has 1 aromatic rings. The Morgan fingerprint density at radius 2 is 1.80 bits per heavy atom. The zero-order valence-corrected chi connectivity index (χ0v) is 13.9. The van der Waals surface area contributed by atoms with Gasteiger partial charge in [-0.2, -0.15) is 0 Å². The number of morpholine rings is 1. The number of halogens is 1. The van der Waals surface area contributed by atoms with Crippen LogP contribution in [-0.4, -0.2) is 29.3 Å². The van der Waals surface area contributed by atoms with Crippen LogP contribution in [0.5, 0.6) is 0 Å². The molecule has 0 saturated carbocycles. The molecule has 2 N–H and O–H groups in total. The van der Waals surface area contributed by atoms with Gasteiger partial charge in [0.1, 0.15) is 4.99 Å². The molecule has 1 aliphatic rings. The first kappa shape index (κ1) is 15.5. The maximum atomic E-state index is 6.26. The third kappa shape index (κ3) is 3.43. The largest absolute Gasteiger partial charge is 0.389 e. The molecule has 0 aliphatic carbocycles. The van der Waals surface area contributed by atoms with Crippen molar-refractivity contribution < 1.29 is 4.74 Å². The second-order valence-electron chi connectivity index (χ2n) is 6.51. The van der Waals surface area contributed by atoms with Crippen molar-refractivity contribution in [3.05, 3.63) is 28.8 Å². The topological polar surface area (TPSA) is 38.5 Å². The Labute approximate surface area is 131 Å². The van der Waals surface area contributed by atoms with Gasteiger partial charge in [-0.25, -0.2) is 0 Å². The molecular formula is C15H21ClN2OS. The van der Waals surface area contributed by atoms with Crippen LogP contribution in [0.15, 0.2) is 18.2 Å². The van der Waals surface area contributed by atoms with E-state index in [1.807, 2.05) is 18.2 Å².